The molecule has 0 aliphatic carbocycles. The van der Waals surface area contributed by atoms with Gasteiger partial charge in [-0.05, 0) is 69.1 Å². The van der Waals surface area contributed by atoms with Gasteiger partial charge in [0.15, 0.2) is 0 Å². The zero-order chi connectivity index (χ0) is 20.5. The fourth-order valence-corrected chi connectivity index (χ4v) is 3.86. The maximum atomic E-state index is 13.5. The summed E-state index contributed by atoms with van der Waals surface area (Å²) in [6, 6.07) is 29.0. The summed E-state index contributed by atoms with van der Waals surface area (Å²) >= 11 is 0. The van der Waals surface area contributed by atoms with E-state index in [0.717, 1.165) is 43.8 Å². The molecule has 142 valence electrons. The minimum absolute atomic E-state index is 0.255. The first-order valence-electron chi connectivity index (χ1n) is 9.68. The van der Waals surface area contributed by atoms with Crippen molar-refractivity contribution in [1.82, 2.24) is 0 Å². The molecule has 0 aliphatic rings. The Morgan fingerprint density at radius 1 is 0.467 bits per heavy atom. The van der Waals surface area contributed by atoms with Gasteiger partial charge >= 0.3 is 0 Å². The molecule has 0 unspecified atom stereocenters. The van der Waals surface area contributed by atoms with Crippen molar-refractivity contribution in [2.75, 3.05) is 0 Å². The SMILES string of the molecule is Fc1ccc(C#Cc2c3ccccc3c(-c3ccc(F)cc3)c3ccccc23)cc1. The first-order chi connectivity index (χ1) is 14.7. The minimum Gasteiger partial charge on any atom is -0.207 e. The molecule has 0 aliphatic heterocycles. The average Bonchev–Trinajstić information content (AvgIpc) is 2.78. The van der Waals surface area contributed by atoms with Crippen LogP contribution in [0.4, 0.5) is 8.78 Å². The summed E-state index contributed by atoms with van der Waals surface area (Å²) in [4.78, 5) is 0. The summed E-state index contributed by atoms with van der Waals surface area (Å²) in [6.45, 7) is 0. The molecule has 5 aromatic carbocycles. The highest BCUT2D eigenvalue weighted by molar-refractivity contribution is 6.16. The van der Waals surface area contributed by atoms with Crippen LogP contribution >= 0.6 is 0 Å². The number of halogens is 2. The lowest BCUT2D eigenvalue weighted by Gasteiger charge is -2.14. The average molecular weight is 390 g/mol. The Kier molecular flexibility index (Phi) is 4.50. The predicted molar refractivity (Wildman–Crippen MR) is 119 cm³/mol. The topological polar surface area (TPSA) is 0 Å². The molecule has 0 bridgehead atoms. The molecule has 0 radical (unpaired) electrons. The lowest BCUT2D eigenvalue weighted by molar-refractivity contribution is 0.627. The molecule has 2 heteroatoms. The van der Waals surface area contributed by atoms with Crippen molar-refractivity contribution < 1.29 is 8.78 Å². The Labute approximate surface area is 173 Å². The van der Waals surface area contributed by atoms with Crippen molar-refractivity contribution in [1.29, 1.82) is 0 Å². The second-order valence-electron chi connectivity index (χ2n) is 7.10. The van der Waals surface area contributed by atoms with Crippen molar-refractivity contribution >= 4 is 21.5 Å². The van der Waals surface area contributed by atoms with Gasteiger partial charge in [0.1, 0.15) is 11.6 Å². The van der Waals surface area contributed by atoms with Crippen LogP contribution in [-0.4, -0.2) is 0 Å². The van der Waals surface area contributed by atoms with Crippen LogP contribution in [0.15, 0.2) is 97.1 Å². The van der Waals surface area contributed by atoms with E-state index in [1.54, 1.807) is 12.1 Å². The molecule has 0 saturated heterocycles. The van der Waals surface area contributed by atoms with Crippen molar-refractivity contribution in [3.05, 3.63) is 120 Å². The van der Waals surface area contributed by atoms with E-state index >= 15 is 0 Å². The van der Waals surface area contributed by atoms with Gasteiger partial charge in [0.2, 0.25) is 0 Å². The smallest absolute Gasteiger partial charge is 0.123 e. The number of fused-ring (bicyclic) bond motifs is 2. The number of rotatable bonds is 1. The van der Waals surface area contributed by atoms with E-state index in [4.69, 9.17) is 0 Å². The van der Waals surface area contributed by atoms with Crippen LogP contribution in [0, 0.1) is 23.5 Å². The van der Waals surface area contributed by atoms with Crippen molar-refractivity contribution in [2.45, 2.75) is 0 Å². The molecule has 30 heavy (non-hydrogen) atoms. The largest absolute Gasteiger partial charge is 0.207 e. The molecule has 0 amide bonds. The fourth-order valence-electron chi connectivity index (χ4n) is 3.86. The van der Waals surface area contributed by atoms with Gasteiger partial charge in [0, 0.05) is 11.1 Å². The summed E-state index contributed by atoms with van der Waals surface area (Å²) in [7, 11) is 0. The van der Waals surface area contributed by atoms with Gasteiger partial charge in [0.25, 0.3) is 0 Å². The Balaban J connectivity index is 1.84. The van der Waals surface area contributed by atoms with E-state index in [2.05, 4.69) is 36.1 Å². The van der Waals surface area contributed by atoms with Crippen LogP contribution < -0.4 is 0 Å². The summed E-state index contributed by atoms with van der Waals surface area (Å²) in [5.41, 5.74) is 3.71. The zero-order valence-corrected chi connectivity index (χ0v) is 16.0. The lowest BCUT2D eigenvalue weighted by Crippen LogP contribution is -1.90. The van der Waals surface area contributed by atoms with Crippen LogP contribution in [0.1, 0.15) is 11.1 Å². The van der Waals surface area contributed by atoms with Crippen LogP contribution in [0.3, 0.4) is 0 Å². The number of hydrogen-bond acceptors (Lipinski definition) is 0. The molecule has 0 fully saturated rings. The molecule has 0 atom stereocenters. The van der Waals surface area contributed by atoms with Crippen LogP contribution in [0.5, 0.6) is 0 Å². The first-order valence-corrected chi connectivity index (χ1v) is 9.68. The van der Waals surface area contributed by atoms with Gasteiger partial charge < -0.3 is 0 Å². The van der Waals surface area contributed by atoms with Gasteiger partial charge in [0.05, 0.1) is 0 Å². The second kappa shape index (κ2) is 7.46. The zero-order valence-electron chi connectivity index (χ0n) is 16.0. The quantitative estimate of drug-likeness (QED) is 0.207. The molecule has 0 heterocycles. The van der Waals surface area contributed by atoms with Crippen molar-refractivity contribution in [3.63, 3.8) is 0 Å². The Morgan fingerprint density at radius 2 is 0.933 bits per heavy atom. The summed E-state index contributed by atoms with van der Waals surface area (Å²) in [5.74, 6) is 5.96. The maximum Gasteiger partial charge on any atom is 0.123 e. The summed E-state index contributed by atoms with van der Waals surface area (Å²) in [6.07, 6.45) is 0. The van der Waals surface area contributed by atoms with E-state index < -0.39 is 0 Å². The highest BCUT2D eigenvalue weighted by Gasteiger charge is 2.14. The van der Waals surface area contributed by atoms with E-state index in [-0.39, 0.29) is 11.6 Å². The molecule has 0 saturated carbocycles. The van der Waals surface area contributed by atoms with Crippen molar-refractivity contribution in [3.8, 4) is 23.0 Å². The fraction of sp³-hybridized carbons (Fsp3) is 0. The minimum atomic E-state index is -0.278. The van der Waals surface area contributed by atoms with Crippen molar-refractivity contribution in [2.24, 2.45) is 0 Å². The summed E-state index contributed by atoms with van der Waals surface area (Å²) < 4.78 is 26.8. The van der Waals surface area contributed by atoms with E-state index in [1.807, 2.05) is 36.4 Å². The second-order valence-corrected chi connectivity index (χ2v) is 7.10. The van der Waals surface area contributed by atoms with E-state index in [1.165, 1.54) is 24.3 Å². The predicted octanol–water partition coefficient (Wildman–Crippen LogP) is 7.34. The third-order valence-corrected chi connectivity index (χ3v) is 5.24. The van der Waals surface area contributed by atoms with E-state index in [0.29, 0.717) is 0 Å². The number of benzene rings is 5. The van der Waals surface area contributed by atoms with E-state index in [9.17, 15) is 8.78 Å². The highest BCUT2D eigenvalue weighted by Crippen LogP contribution is 2.39. The Bertz CT molecular complexity index is 1380. The standard InChI is InChI=1S/C28H16F2/c29-21-14-9-19(10-15-21)11-18-25-23-5-1-3-7-26(23)28(20-12-16-22(30)17-13-20)27-8-4-2-6-24(25)27/h1-10,12-17H. The van der Waals surface area contributed by atoms with Gasteiger partial charge in [-0.2, -0.15) is 0 Å². The highest BCUT2D eigenvalue weighted by atomic mass is 19.1. The van der Waals surface area contributed by atoms with Gasteiger partial charge in [-0.15, -0.1) is 0 Å². The Morgan fingerprint density at radius 3 is 1.47 bits per heavy atom. The van der Waals surface area contributed by atoms with Gasteiger partial charge in [-0.1, -0.05) is 72.5 Å². The molecule has 0 N–H and O–H groups in total. The summed E-state index contributed by atoms with van der Waals surface area (Å²) in [5, 5.41) is 4.19. The third-order valence-electron chi connectivity index (χ3n) is 5.24. The third kappa shape index (κ3) is 3.21. The lowest BCUT2D eigenvalue weighted by atomic mass is 9.88. The number of hydrogen-bond donors (Lipinski definition) is 0. The molecule has 0 aromatic heterocycles. The normalized spacial score (nSPS) is 10.7. The van der Waals surface area contributed by atoms with Gasteiger partial charge in [-0.25, -0.2) is 8.78 Å². The maximum absolute atomic E-state index is 13.5. The van der Waals surface area contributed by atoms with Crippen LogP contribution in [0.2, 0.25) is 0 Å². The first kappa shape index (κ1) is 18.1. The van der Waals surface area contributed by atoms with Crippen LogP contribution in [-0.2, 0) is 0 Å². The molecule has 5 rings (SSSR count). The molecule has 5 aromatic rings. The molecule has 0 spiro atoms. The molecular formula is C28H16F2. The Hall–Kier alpha value is -3.96. The molecule has 0 nitrogen and oxygen atoms in total. The molecular weight excluding hydrogens is 374 g/mol. The monoisotopic (exact) mass is 390 g/mol. The van der Waals surface area contributed by atoms with Crippen LogP contribution in [0.25, 0.3) is 32.7 Å². The van der Waals surface area contributed by atoms with Gasteiger partial charge in [-0.3, -0.25) is 0 Å².